The summed E-state index contributed by atoms with van der Waals surface area (Å²) in [6.45, 7) is 5.90. The van der Waals surface area contributed by atoms with Gasteiger partial charge in [0.05, 0.1) is 10.8 Å². The van der Waals surface area contributed by atoms with Crippen LogP contribution in [0.4, 0.5) is 5.69 Å². The molecule has 4 aromatic rings. The number of carbonyl (C=O) groups is 1. The van der Waals surface area contributed by atoms with E-state index in [0.29, 0.717) is 21.8 Å². The number of aryl methyl sites for hydroxylation is 2. The maximum Gasteiger partial charge on any atom is 0.234 e. The molecule has 0 bridgehead atoms. The van der Waals surface area contributed by atoms with Crippen LogP contribution in [0.25, 0.3) is 5.69 Å². The first-order valence-electron chi connectivity index (χ1n) is 10.8. The molecule has 0 spiro atoms. The minimum absolute atomic E-state index is 0.110. The third-order valence-electron chi connectivity index (χ3n) is 5.17. The van der Waals surface area contributed by atoms with E-state index in [9.17, 15) is 4.79 Å². The van der Waals surface area contributed by atoms with Gasteiger partial charge in [-0.2, -0.15) is 0 Å². The first-order valence-corrected chi connectivity index (χ1v) is 12.2. The number of halogens is 1. The van der Waals surface area contributed by atoms with Gasteiger partial charge in [0.25, 0.3) is 0 Å². The van der Waals surface area contributed by atoms with Gasteiger partial charge in [-0.15, -0.1) is 10.2 Å². The Morgan fingerprint density at radius 3 is 2.53 bits per heavy atom. The zero-order valence-electron chi connectivity index (χ0n) is 19.2. The Labute approximate surface area is 208 Å². The molecule has 8 heteroatoms. The maximum atomic E-state index is 12.7. The number of rotatable bonds is 8. The van der Waals surface area contributed by atoms with Crippen LogP contribution in [0.15, 0.2) is 78.0 Å². The van der Waals surface area contributed by atoms with Gasteiger partial charge >= 0.3 is 0 Å². The number of hydrogen-bond acceptors (Lipinski definition) is 5. The SMILES string of the molecule is Cc1ccc(NC(=O)CSc2nnc(C(C)Oc3ccccc3Cl)n2-c2ccccc2)c(C)c1. The van der Waals surface area contributed by atoms with E-state index >= 15 is 0 Å². The van der Waals surface area contributed by atoms with Gasteiger partial charge in [-0.05, 0) is 56.7 Å². The fourth-order valence-electron chi connectivity index (χ4n) is 3.51. The minimum Gasteiger partial charge on any atom is -0.481 e. The molecule has 34 heavy (non-hydrogen) atoms. The quantitative estimate of drug-likeness (QED) is 0.288. The molecule has 0 aliphatic rings. The molecule has 0 saturated carbocycles. The first-order chi connectivity index (χ1) is 16.4. The molecule has 1 unspecified atom stereocenters. The summed E-state index contributed by atoms with van der Waals surface area (Å²) >= 11 is 7.59. The van der Waals surface area contributed by atoms with Crippen molar-refractivity contribution in [2.45, 2.75) is 32.0 Å². The first kappa shape index (κ1) is 23.9. The van der Waals surface area contributed by atoms with Gasteiger partial charge in [0.1, 0.15) is 5.75 Å². The molecule has 1 amide bonds. The van der Waals surface area contributed by atoms with Crippen molar-refractivity contribution in [1.82, 2.24) is 14.8 Å². The highest BCUT2D eigenvalue weighted by Gasteiger charge is 2.22. The third-order valence-corrected chi connectivity index (χ3v) is 6.41. The van der Waals surface area contributed by atoms with E-state index in [4.69, 9.17) is 16.3 Å². The fraction of sp³-hybridized carbons (Fsp3) is 0.192. The number of carbonyl (C=O) groups excluding carboxylic acids is 1. The van der Waals surface area contributed by atoms with Crippen LogP contribution in [-0.2, 0) is 4.79 Å². The number of amides is 1. The summed E-state index contributed by atoms with van der Waals surface area (Å²) < 4.78 is 8.00. The average Bonchev–Trinajstić information content (AvgIpc) is 3.26. The summed E-state index contributed by atoms with van der Waals surface area (Å²) in [5.74, 6) is 1.27. The Bertz CT molecular complexity index is 1290. The molecule has 1 atom stereocenters. The standard InChI is InChI=1S/C26H25ClN4O2S/c1-17-13-14-22(18(2)15-17)28-24(32)16-34-26-30-29-25(31(26)20-9-5-4-6-10-20)19(3)33-23-12-8-7-11-21(23)27/h4-15,19H,16H2,1-3H3,(H,28,32). The van der Waals surface area contributed by atoms with E-state index in [0.717, 1.165) is 22.5 Å². The molecule has 3 aromatic carbocycles. The van der Waals surface area contributed by atoms with E-state index in [1.54, 1.807) is 6.07 Å². The van der Waals surface area contributed by atoms with Gasteiger partial charge in [-0.3, -0.25) is 9.36 Å². The van der Waals surface area contributed by atoms with Crippen LogP contribution in [0, 0.1) is 13.8 Å². The lowest BCUT2D eigenvalue weighted by Gasteiger charge is -2.17. The Hall–Kier alpha value is -3.29. The number of ether oxygens (including phenoxy) is 1. The van der Waals surface area contributed by atoms with Crippen LogP contribution in [0.2, 0.25) is 5.02 Å². The van der Waals surface area contributed by atoms with Crippen molar-refractivity contribution >= 4 is 35.0 Å². The van der Waals surface area contributed by atoms with Crippen LogP contribution in [-0.4, -0.2) is 26.4 Å². The van der Waals surface area contributed by atoms with E-state index in [1.807, 2.05) is 92.1 Å². The van der Waals surface area contributed by atoms with Crippen molar-refractivity contribution in [1.29, 1.82) is 0 Å². The van der Waals surface area contributed by atoms with Crippen molar-refractivity contribution in [2.75, 3.05) is 11.1 Å². The Morgan fingerprint density at radius 2 is 1.79 bits per heavy atom. The topological polar surface area (TPSA) is 69.0 Å². The highest BCUT2D eigenvalue weighted by molar-refractivity contribution is 7.99. The molecule has 1 aromatic heterocycles. The van der Waals surface area contributed by atoms with Crippen LogP contribution < -0.4 is 10.1 Å². The van der Waals surface area contributed by atoms with Crippen molar-refractivity contribution in [3.63, 3.8) is 0 Å². The summed E-state index contributed by atoms with van der Waals surface area (Å²) in [6.07, 6.45) is -0.425. The molecule has 0 saturated heterocycles. The largest absolute Gasteiger partial charge is 0.481 e. The predicted octanol–water partition coefficient (Wildman–Crippen LogP) is 6.41. The lowest BCUT2D eigenvalue weighted by molar-refractivity contribution is -0.113. The zero-order chi connectivity index (χ0) is 24.1. The smallest absolute Gasteiger partial charge is 0.234 e. The summed E-state index contributed by atoms with van der Waals surface area (Å²) in [6, 6.07) is 23.0. The molecular formula is C26H25ClN4O2S. The number of anilines is 1. The third kappa shape index (κ3) is 5.61. The van der Waals surface area contributed by atoms with E-state index in [-0.39, 0.29) is 11.7 Å². The van der Waals surface area contributed by atoms with Crippen LogP contribution in [0.3, 0.4) is 0 Å². The molecule has 174 valence electrons. The predicted molar refractivity (Wildman–Crippen MR) is 137 cm³/mol. The molecule has 0 radical (unpaired) electrons. The van der Waals surface area contributed by atoms with Crippen LogP contribution in [0.1, 0.15) is 30.0 Å². The molecule has 6 nitrogen and oxygen atoms in total. The highest BCUT2D eigenvalue weighted by atomic mass is 35.5. The summed E-state index contributed by atoms with van der Waals surface area (Å²) in [5, 5.41) is 12.9. The number of nitrogens with one attached hydrogen (secondary N) is 1. The number of nitrogens with zero attached hydrogens (tertiary/aromatic N) is 3. The molecule has 1 heterocycles. The Kier molecular flexibility index (Phi) is 7.55. The molecular weight excluding hydrogens is 468 g/mol. The summed E-state index contributed by atoms with van der Waals surface area (Å²) in [4.78, 5) is 12.7. The second-order valence-corrected chi connectivity index (χ2v) is 9.21. The monoisotopic (exact) mass is 492 g/mol. The van der Waals surface area contributed by atoms with Crippen molar-refractivity contribution in [3.8, 4) is 11.4 Å². The number of para-hydroxylation sites is 2. The lowest BCUT2D eigenvalue weighted by atomic mass is 10.1. The second kappa shape index (κ2) is 10.8. The normalized spacial score (nSPS) is 11.8. The van der Waals surface area contributed by atoms with E-state index in [1.165, 1.54) is 11.8 Å². The molecule has 0 fully saturated rings. The Morgan fingerprint density at radius 1 is 1.06 bits per heavy atom. The zero-order valence-corrected chi connectivity index (χ0v) is 20.7. The number of aromatic nitrogens is 3. The number of hydrogen-bond donors (Lipinski definition) is 1. The minimum atomic E-state index is -0.425. The number of thioether (sulfide) groups is 1. The highest BCUT2D eigenvalue weighted by Crippen LogP contribution is 2.31. The van der Waals surface area contributed by atoms with Gasteiger partial charge in [-0.25, -0.2) is 0 Å². The molecule has 0 aliphatic heterocycles. The number of benzene rings is 3. The van der Waals surface area contributed by atoms with Gasteiger partial charge in [0.15, 0.2) is 17.1 Å². The molecule has 4 rings (SSSR count). The van der Waals surface area contributed by atoms with E-state index in [2.05, 4.69) is 15.5 Å². The van der Waals surface area contributed by atoms with Crippen molar-refractivity contribution < 1.29 is 9.53 Å². The average molecular weight is 493 g/mol. The lowest BCUT2D eigenvalue weighted by Crippen LogP contribution is -2.16. The van der Waals surface area contributed by atoms with Crippen LogP contribution >= 0.6 is 23.4 Å². The molecule has 0 aliphatic carbocycles. The van der Waals surface area contributed by atoms with Gasteiger partial charge in [-0.1, -0.05) is 71.4 Å². The maximum absolute atomic E-state index is 12.7. The second-order valence-electron chi connectivity index (χ2n) is 7.86. The summed E-state index contributed by atoms with van der Waals surface area (Å²) in [5.41, 5.74) is 3.87. The van der Waals surface area contributed by atoms with Gasteiger partial charge in [0.2, 0.25) is 5.91 Å². The summed E-state index contributed by atoms with van der Waals surface area (Å²) in [7, 11) is 0. The van der Waals surface area contributed by atoms with Crippen molar-refractivity contribution in [2.24, 2.45) is 0 Å². The van der Waals surface area contributed by atoms with Crippen molar-refractivity contribution in [3.05, 3.63) is 94.8 Å². The van der Waals surface area contributed by atoms with E-state index < -0.39 is 6.10 Å². The Balaban J connectivity index is 1.55. The fourth-order valence-corrected chi connectivity index (χ4v) is 4.45. The van der Waals surface area contributed by atoms with Gasteiger partial charge < -0.3 is 10.1 Å². The molecule has 1 N–H and O–H groups in total. The van der Waals surface area contributed by atoms with Crippen LogP contribution in [0.5, 0.6) is 5.75 Å². The van der Waals surface area contributed by atoms with Gasteiger partial charge in [0, 0.05) is 11.4 Å².